The minimum Gasteiger partial charge on any atom is -0.487 e. The first-order valence-electron chi connectivity index (χ1n) is 13.2. The molecule has 3 aromatic carbocycles. The zero-order chi connectivity index (χ0) is 30.3. The van der Waals surface area contributed by atoms with Gasteiger partial charge >= 0.3 is 6.18 Å². The zero-order valence-electron chi connectivity index (χ0n) is 22.8. The molecule has 0 radical (unpaired) electrons. The lowest BCUT2D eigenvalue weighted by Gasteiger charge is -2.40. The molecule has 2 N–H and O–H groups in total. The molecule has 0 aromatic heterocycles. The third kappa shape index (κ3) is 5.35. The highest BCUT2D eigenvalue weighted by molar-refractivity contribution is 6.32. The van der Waals surface area contributed by atoms with Crippen molar-refractivity contribution in [3.05, 3.63) is 115 Å². The average Bonchev–Trinajstić information content (AvgIpc) is 2.93. The van der Waals surface area contributed by atoms with Crippen molar-refractivity contribution in [2.45, 2.75) is 51.8 Å². The Labute approximate surface area is 251 Å². The number of carbonyl (C=O) groups is 1. The van der Waals surface area contributed by atoms with Gasteiger partial charge in [-0.15, -0.1) is 0 Å². The molecule has 0 saturated carbocycles. The van der Waals surface area contributed by atoms with Gasteiger partial charge in [0.15, 0.2) is 5.78 Å². The van der Waals surface area contributed by atoms with Crippen LogP contribution in [0.4, 0.5) is 18.9 Å². The smallest absolute Gasteiger partial charge is 0.418 e. The number of hydrogen-bond donors (Lipinski definition) is 1. The van der Waals surface area contributed by atoms with Gasteiger partial charge in [-0.2, -0.15) is 18.4 Å². The van der Waals surface area contributed by atoms with Gasteiger partial charge < -0.3 is 10.5 Å². The molecular weight excluding hydrogens is 586 g/mol. The molecule has 0 spiro atoms. The van der Waals surface area contributed by atoms with Crippen molar-refractivity contribution in [1.82, 2.24) is 0 Å². The van der Waals surface area contributed by atoms with E-state index in [1.165, 1.54) is 17.0 Å². The van der Waals surface area contributed by atoms with Crippen LogP contribution in [0.15, 0.2) is 77.3 Å². The van der Waals surface area contributed by atoms with Crippen molar-refractivity contribution in [1.29, 1.82) is 5.26 Å². The van der Waals surface area contributed by atoms with Crippen molar-refractivity contribution in [2.75, 3.05) is 4.90 Å². The number of rotatable bonds is 5. The van der Waals surface area contributed by atoms with E-state index in [2.05, 4.69) is 6.07 Å². The largest absolute Gasteiger partial charge is 0.487 e. The molecule has 2 aliphatic rings. The number of nitrogens with zero attached hydrogens (tertiary/aromatic N) is 2. The number of hydrogen-bond acceptors (Lipinski definition) is 5. The molecule has 1 unspecified atom stereocenters. The van der Waals surface area contributed by atoms with Crippen LogP contribution in [-0.2, 0) is 17.6 Å². The molecule has 0 amide bonds. The molecule has 1 heterocycles. The van der Waals surface area contributed by atoms with Crippen molar-refractivity contribution in [2.24, 2.45) is 5.73 Å². The van der Waals surface area contributed by atoms with Crippen LogP contribution in [0.25, 0.3) is 0 Å². The van der Waals surface area contributed by atoms with Gasteiger partial charge in [0.25, 0.3) is 0 Å². The number of ketones is 1. The lowest BCUT2D eigenvalue weighted by molar-refractivity contribution is -0.137. The quantitative estimate of drug-likeness (QED) is 0.313. The van der Waals surface area contributed by atoms with Crippen LogP contribution in [0.1, 0.15) is 53.0 Å². The Morgan fingerprint density at radius 2 is 1.81 bits per heavy atom. The number of alkyl halides is 3. The fraction of sp³-hybridized carbons (Fsp3) is 0.250. The second-order valence-electron chi connectivity index (χ2n) is 10.3. The maximum Gasteiger partial charge on any atom is 0.418 e. The normalized spacial score (nSPS) is 17.3. The van der Waals surface area contributed by atoms with E-state index in [1.54, 1.807) is 18.2 Å². The van der Waals surface area contributed by atoms with Crippen LogP contribution in [-0.4, -0.2) is 5.78 Å². The SMILES string of the molecule is Cc1cc(C)c(C2C(C#N)=C(N)N(c3ccc(Cl)cc3C(F)(F)F)C3=C2C(=O)CCC3)cc1COc1ccccc1Cl. The monoisotopic (exact) mass is 611 g/mol. The van der Waals surface area contributed by atoms with E-state index in [0.29, 0.717) is 34.9 Å². The maximum atomic E-state index is 14.2. The summed E-state index contributed by atoms with van der Waals surface area (Å²) in [5.41, 5.74) is 9.09. The summed E-state index contributed by atoms with van der Waals surface area (Å²) in [5, 5.41) is 10.7. The Bertz CT molecular complexity index is 1710. The Kier molecular flexibility index (Phi) is 8.02. The third-order valence-corrected chi connectivity index (χ3v) is 8.22. The van der Waals surface area contributed by atoms with Crippen molar-refractivity contribution < 1.29 is 22.7 Å². The molecule has 10 heteroatoms. The predicted octanol–water partition coefficient (Wildman–Crippen LogP) is 8.51. The summed E-state index contributed by atoms with van der Waals surface area (Å²) in [6.07, 6.45) is -3.80. The van der Waals surface area contributed by atoms with Gasteiger partial charge in [-0.3, -0.25) is 9.69 Å². The van der Waals surface area contributed by atoms with Gasteiger partial charge in [0.2, 0.25) is 0 Å². The molecule has 216 valence electrons. The van der Waals surface area contributed by atoms with Crippen molar-refractivity contribution in [3.8, 4) is 11.8 Å². The molecule has 1 atom stereocenters. The van der Waals surface area contributed by atoms with Crippen LogP contribution in [0.5, 0.6) is 5.75 Å². The summed E-state index contributed by atoms with van der Waals surface area (Å²) in [6.45, 7) is 3.96. The summed E-state index contributed by atoms with van der Waals surface area (Å²) in [6, 6.07) is 16.4. The van der Waals surface area contributed by atoms with Crippen molar-refractivity contribution in [3.63, 3.8) is 0 Å². The molecular formula is C32H26Cl2F3N3O2. The van der Waals surface area contributed by atoms with E-state index in [9.17, 15) is 23.2 Å². The molecule has 1 aliphatic carbocycles. The Morgan fingerprint density at radius 1 is 1.07 bits per heavy atom. The molecule has 3 aromatic rings. The van der Waals surface area contributed by atoms with Crippen LogP contribution >= 0.6 is 23.2 Å². The number of nitrogens with two attached hydrogens (primary N) is 1. The molecule has 5 rings (SSSR count). The summed E-state index contributed by atoms with van der Waals surface area (Å²) < 4.78 is 48.5. The van der Waals surface area contributed by atoms with E-state index >= 15 is 0 Å². The fourth-order valence-electron chi connectivity index (χ4n) is 5.70. The third-order valence-electron chi connectivity index (χ3n) is 7.67. The summed E-state index contributed by atoms with van der Waals surface area (Å²) >= 11 is 12.2. The lowest BCUT2D eigenvalue weighted by atomic mass is 9.74. The zero-order valence-corrected chi connectivity index (χ0v) is 24.3. The first-order chi connectivity index (χ1) is 19.9. The number of ether oxygens (including phenoxy) is 1. The van der Waals surface area contributed by atoms with Gasteiger partial charge in [-0.1, -0.05) is 47.5 Å². The van der Waals surface area contributed by atoms with Gasteiger partial charge in [-0.25, -0.2) is 0 Å². The van der Waals surface area contributed by atoms with Crippen LogP contribution in [0, 0.1) is 25.2 Å². The number of allylic oxidation sites excluding steroid dienone is 3. The average molecular weight is 612 g/mol. The second kappa shape index (κ2) is 11.4. The summed E-state index contributed by atoms with van der Waals surface area (Å²) in [4.78, 5) is 14.8. The van der Waals surface area contributed by atoms with E-state index in [1.807, 2.05) is 32.0 Å². The summed E-state index contributed by atoms with van der Waals surface area (Å²) in [5.74, 6) is -0.734. The van der Waals surface area contributed by atoms with E-state index in [4.69, 9.17) is 33.7 Å². The highest BCUT2D eigenvalue weighted by Crippen LogP contribution is 2.49. The number of Topliss-reactive ketones (excluding diaryl/α,β-unsaturated/α-hetero) is 1. The van der Waals surface area contributed by atoms with E-state index in [-0.39, 0.29) is 46.5 Å². The fourth-order valence-corrected chi connectivity index (χ4v) is 6.07. The molecule has 0 fully saturated rings. The lowest BCUT2D eigenvalue weighted by Crippen LogP contribution is -2.39. The maximum absolute atomic E-state index is 14.2. The first kappa shape index (κ1) is 29.6. The number of benzene rings is 3. The number of anilines is 1. The number of aryl methyl sites for hydroxylation is 2. The Balaban J connectivity index is 1.68. The molecule has 42 heavy (non-hydrogen) atoms. The van der Waals surface area contributed by atoms with Crippen molar-refractivity contribution >= 4 is 34.7 Å². The number of para-hydroxylation sites is 1. The van der Waals surface area contributed by atoms with E-state index < -0.39 is 17.7 Å². The predicted molar refractivity (Wildman–Crippen MR) is 156 cm³/mol. The minimum atomic E-state index is -4.76. The first-order valence-corrected chi connectivity index (χ1v) is 14.0. The highest BCUT2D eigenvalue weighted by atomic mass is 35.5. The summed E-state index contributed by atoms with van der Waals surface area (Å²) in [7, 11) is 0. The molecule has 5 nitrogen and oxygen atoms in total. The molecule has 0 bridgehead atoms. The molecule has 0 saturated heterocycles. The van der Waals surface area contributed by atoms with Gasteiger partial charge in [0.05, 0.1) is 33.8 Å². The van der Waals surface area contributed by atoms with Gasteiger partial charge in [0.1, 0.15) is 18.2 Å². The van der Waals surface area contributed by atoms with Gasteiger partial charge in [0, 0.05) is 22.7 Å². The second-order valence-corrected chi connectivity index (χ2v) is 11.2. The van der Waals surface area contributed by atoms with Gasteiger partial charge in [-0.05, 0) is 79.3 Å². The van der Waals surface area contributed by atoms with Crippen LogP contribution < -0.4 is 15.4 Å². The van der Waals surface area contributed by atoms with E-state index in [0.717, 1.165) is 22.8 Å². The topological polar surface area (TPSA) is 79.4 Å². The number of carbonyl (C=O) groups excluding carboxylic acids is 1. The Morgan fingerprint density at radius 3 is 2.50 bits per heavy atom. The standard InChI is InChI=1S/C32H26Cl2F3N3O2/c1-17-12-18(2)21(13-19(17)16-42-28-9-4-3-6-24(28)34)29-22(15-38)31(39)40(26-7-5-8-27(41)30(26)29)25-11-10-20(33)14-23(25)32(35,36)37/h3-4,6,9-14,29H,5,7-8,16,39H2,1-2H3. The minimum absolute atomic E-state index is 0.00278. The van der Waals surface area contributed by atoms with Crippen LogP contribution in [0.2, 0.25) is 10.0 Å². The molecule has 1 aliphatic heterocycles. The van der Waals surface area contributed by atoms with Crippen LogP contribution in [0.3, 0.4) is 0 Å². The number of halogens is 5. The Hall–Kier alpha value is -3.93. The highest BCUT2D eigenvalue weighted by Gasteiger charge is 2.43. The number of nitriles is 1.